The molecule has 0 saturated heterocycles. The van der Waals surface area contributed by atoms with Gasteiger partial charge in [0.15, 0.2) is 5.96 Å². The second-order valence-corrected chi connectivity index (χ2v) is 8.09. The Labute approximate surface area is 183 Å². The normalized spacial score (nSPS) is 14.0. The summed E-state index contributed by atoms with van der Waals surface area (Å²) in [5, 5.41) is 20.7. The minimum atomic E-state index is -1.02. The number of aliphatic hydroxyl groups is 1. The van der Waals surface area contributed by atoms with E-state index < -0.39 is 11.2 Å². The Morgan fingerprint density at radius 1 is 1.33 bits per heavy atom. The molecule has 1 unspecified atom stereocenters. The van der Waals surface area contributed by atoms with Gasteiger partial charge in [0.25, 0.3) is 0 Å². The van der Waals surface area contributed by atoms with Crippen molar-refractivity contribution in [2.45, 2.75) is 45.8 Å². The number of guanidine groups is 1. The van der Waals surface area contributed by atoms with Crippen molar-refractivity contribution in [3.05, 3.63) is 22.4 Å². The largest absolute Gasteiger partial charge is 0.444 e. The summed E-state index contributed by atoms with van der Waals surface area (Å²) in [7, 11) is 1.70. The number of nitrogens with one attached hydrogen (secondary N) is 2. The van der Waals surface area contributed by atoms with E-state index in [2.05, 4.69) is 15.6 Å². The van der Waals surface area contributed by atoms with Crippen molar-refractivity contribution in [3.63, 3.8) is 0 Å². The zero-order valence-electron chi connectivity index (χ0n) is 17.0. The maximum Gasteiger partial charge on any atom is 0.410 e. The number of amides is 1. The van der Waals surface area contributed by atoms with Crippen molar-refractivity contribution in [3.8, 4) is 0 Å². The summed E-state index contributed by atoms with van der Waals surface area (Å²) >= 11 is 1.55. The van der Waals surface area contributed by atoms with Crippen molar-refractivity contribution in [2.75, 3.05) is 33.2 Å². The van der Waals surface area contributed by atoms with Gasteiger partial charge in [-0.15, -0.1) is 24.0 Å². The number of hydrogen-bond acceptors (Lipinski definition) is 5. The zero-order valence-corrected chi connectivity index (χ0v) is 20.2. The molecule has 0 aliphatic rings. The van der Waals surface area contributed by atoms with E-state index >= 15 is 0 Å². The molecule has 0 saturated carbocycles. The second kappa shape index (κ2) is 11.7. The molecule has 1 heterocycles. The Morgan fingerprint density at radius 3 is 2.52 bits per heavy atom. The van der Waals surface area contributed by atoms with Gasteiger partial charge in [0, 0.05) is 26.7 Å². The molecular weight excluding hydrogens is 479 g/mol. The van der Waals surface area contributed by atoms with E-state index in [0.29, 0.717) is 25.6 Å². The molecule has 0 radical (unpaired) electrons. The zero-order chi connectivity index (χ0) is 19.8. The van der Waals surface area contributed by atoms with Crippen LogP contribution >= 0.6 is 35.3 Å². The molecule has 1 atom stereocenters. The van der Waals surface area contributed by atoms with E-state index in [1.165, 1.54) is 4.90 Å². The standard InChI is InChI=1S/C18H32N4O3S.HI/c1-7-19-15(21-13-18(5,24)14-8-11-26-12-14)20-9-10-22(6)16(23)25-17(2,3)4;/h8,11-12,24H,7,9-10,13H2,1-6H3,(H2,19,20,21);1H. The van der Waals surface area contributed by atoms with Crippen LogP contribution in [0.3, 0.4) is 0 Å². The van der Waals surface area contributed by atoms with Gasteiger partial charge in [0.05, 0.1) is 6.54 Å². The van der Waals surface area contributed by atoms with Gasteiger partial charge >= 0.3 is 6.09 Å². The fraction of sp³-hybridized carbons (Fsp3) is 0.667. The number of likely N-dealkylation sites (N-methyl/N-ethyl adjacent to an activating group) is 1. The van der Waals surface area contributed by atoms with Crippen LogP contribution < -0.4 is 10.6 Å². The highest BCUT2D eigenvalue weighted by Crippen LogP contribution is 2.23. The highest BCUT2D eigenvalue weighted by molar-refractivity contribution is 14.0. The number of rotatable bonds is 7. The number of thiophene rings is 1. The molecule has 1 aromatic rings. The molecule has 0 aliphatic heterocycles. The van der Waals surface area contributed by atoms with Gasteiger partial charge in [0.2, 0.25) is 0 Å². The maximum absolute atomic E-state index is 11.9. The summed E-state index contributed by atoms with van der Waals surface area (Å²) in [6.45, 7) is 11.2. The SMILES string of the molecule is CCNC(=NCC(C)(O)c1ccsc1)NCCN(C)C(=O)OC(C)(C)C.I. The summed E-state index contributed by atoms with van der Waals surface area (Å²) in [5.74, 6) is 0.598. The van der Waals surface area contributed by atoms with Gasteiger partial charge in [-0.3, -0.25) is 0 Å². The first-order valence-corrected chi connectivity index (χ1v) is 9.71. The van der Waals surface area contributed by atoms with Crippen molar-refractivity contribution >= 4 is 47.4 Å². The number of ether oxygens (including phenoxy) is 1. The van der Waals surface area contributed by atoms with E-state index in [9.17, 15) is 9.90 Å². The van der Waals surface area contributed by atoms with E-state index in [-0.39, 0.29) is 36.6 Å². The Kier molecular flexibility index (Phi) is 11.2. The third kappa shape index (κ3) is 10.2. The Balaban J connectivity index is 0.00000676. The van der Waals surface area contributed by atoms with E-state index in [1.54, 1.807) is 25.3 Å². The molecule has 7 nitrogen and oxygen atoms in total. The predicted molar refractivity (Wildman–Crippen MR) is 122 cm³/mol. The molecule has 0 fully saturated rings. The Hall–Kier alpha value is -1.07. The fourth-order valence-electron chi connectivity index (χ4n) is 2.01. The average Bonchev–Trinajstić information content (AvgIpc) is 3.06. The minimum Gasteiger partial charge on any atom is -0.444 e. The summed E-state index contributed by atoms with van der Waals surface area (Å²) in [4.78, 5) is 17.9. The molecular formula is C18H33IN4O3S. The topological polar surface area (TPSA) is 86.2 Å². The fourth-order valence-corrected chi connectivity index (χ4v) is 2.79. The minimum absolute atomic E-state index is 0. The van der Waals surface area contributed by atoms with E-state index in [4.69, 9.17) is 4.74 Å². The Bertz CT molecular complexity index is 586. The third-order valence-corrected chi connectivity index (χ3v) is 4.16. The molecule has 156 valence electrons. The van der Waals surface area contributed by atoms with Gasteiger partial charge in [-0.05, 0) is 57.0 Å². The molecule has 0 aromatic carbocycles. The first-order valence-electron chi connectivity index (χ1n) is 8.76. The van der Waals surface area contributed by atoms with Crippen molar-refractivity contribution in [1.82, 2.24) is 15.5 Å². The van der Waals surface area contributed by atoms with Gasteiger partial charge in [-0.2, -0.15) is 11.3 Å². The van der Waals surface area contributed by atoms with Crippen LogP contribution in [0.25, 0.3) is 0 Å². The van der Waals surface area contributed by atoms with Crippen LogP contribution in [0.15, 0.2) is 21.8 Å². The lowest BCUT2D eigenvalue weighted by atomic mass is 10.00. The molecule has 3 N–H and O–H groups in total. The number of carbonyl (C=O) groups excluding carboxylic acids is 1. The summed E-state index contributed by atoms with van der Waals surface area (Å²) in [5.41, 5.74) is -0.676. The van der Waals surface area contributed by atoms with E-state index in [0.717, 1.165) is 5.56 Å². The molecule has 9 heteroatoms. The summed E-state index contributed by atoms with van der Waals surface area (Å²) < 4.78 is 5.32. The van der Waals surface area contributed by atoms with Crippen LogP contribution in [0.5, 0.6) is 0 Å². The highest BCUT2D eigenvalue weighted by Gasteiger charge is 2.23. The van der Waals surface area contributed by atoms with Crippen LogP contribution in [-0.4, -0.2) is 60.9 Å². The second-order valence-electron chi connectivity index (χ2n) is 7.31. The van der Waals surface area contributed by atoms with Gasteiger partial charge < -0.3 is 25.4 Å². The monoisotopic (exact) mass is 512 g/mol. The predicted octanol–water partition coefficient (Wildman–Crippen LogP) is 3.00. The number of halogens is 1. The first-order chi connectivity index (χ1) is 12.0. The lowest BCUT2D eigenvalue weighted by molar-refractivity contribution is 0.0302. The molecule has 27 heavy (non-hydrogen) atoms. The highest BCUT2D eigenvalue weighted by atomic mass is 127. The van der Waals surface area contributed by atoms with E-state index in [1.807, 2.05) is 44.5 Å². The average molecular weight is 512 g/mol. The van der Waals surface area contributed by atoms with Crippen molar-refractivity contribution < 1.29 is 14.6 Å². The Morgan fingerprint density at radius 2 is 2.00 bits per heavy atom. The first kappa shape index (κ1) is 25.9. The van der Waals surface area contributed by atoms with Crippen LogP contribution in [0.2, 0.25) is 0 Å². The van der Waals surface area contributed by atoms with Crippen molar-refractivity contribution in [2.24, 2.45) is 4.99 Å². The molecule has 0 bridgehead atoms. The molecule has 1 rings (SSSR count). The lowest BCUT2D eigenvalue weighted by Gasteiger charge is -2.25. The van der Waals surface area contributed by atoms with Gasteiger partial charge in [-0.25, -0.2) is 9.79 Å². The molecule has 0 aliphatic carbocycles. The third-order valence-electron chi connectivity index (χ3n) is 3.48. The smallest absolute Gasteiger partial charge is 0.410 e. The van der Waals surface area contributed by atoms with Gasteiger partial charge in [0.1, 0.15) is 11.2 Å². The maximum atomic E-state index is 11.9. The summed E-state index contributed by atoms with van der Waals surface area (Å²) in [6, 6.07) is 1.90. The molecule has 1 amide bonds. The van der Waals surface area contributed by atoms with Crippen LogP contribution in [0.4, 0.5) is 4.79 Å². The number of nitrogens with zero attached hydrogens (tertiary/aromatic N) is 2. The number of aliphatic imine (C=N–C) groups is 1. The summed E-state index contributed by atoms with van der Waals surface area (Å²) in [6.07, 6.45) is -0.360. The molecule has 1 aromatic heterocycles. The van der Waals surface area contributed by atoms with Crippen molar-refractivity contribution in [1.29, 1.82) is 0 Å². The number of hydrogen-bond donors (Lipinski definition) is 3. The quantitative estimate of drug-likeness (QED) is 0.297. The van der Waals surface area contributed by atoms with Crippen LogP contribution in [0, 0.1) is 0 Å². The van der Waals surface area contributed by atoms with Crippen LogP contribution in [-0.2, 0) is 10.3 Å². The van der Waals surface area contributed by atoms with Gasteiger partial charge in [-0.1, -0.05) is 0 Å². The lowest BCUT2D eigenvalue weighted by Crippen LogP contribution is -2.43. The number of carbonyl (C=O) groups is 1. The van der Waals surface area contributed by atoms with Crippen LogP contribution in [0.1, 0.15) is 40.2 Å². The molecule has 0 spiro atoms.